The molecule has 0 radical (unpaired) electrons. The van der Waals surface area contributed by atoms with Crippen LogP contribution in [-0.4, -0.2) is 9.97 Å². The molecule has 2 N–H and O–H groups in total. The fourth-order valence-corrected chi connectivity index (χ4v) is 1.31. The van der Waals surface area contributed by atoms with Crippen LogP contribution < -0.4 is 5.73 Å². The van der Waals surface area contributed by atoms with E-state index in [4.69, 9.17) is 5.73 Å². The van der Waals surface area contributed by atoms with Crippen molar-refractivity contribution < 1.29 is 0 Å². The highest BCUT2D eigenvalue weighted by Crippen LogP contribution is 2.21. The zero-order valence-corrected chi connectivity index (χ0v) is 8.28. The Kier molecular flexibility index (Phi) is 2.37. The van der Waals surface area contributed by atoms with Crippen LogP contribution in [0.15, 0.2) is 41.6 Å². The molecular weight excluding hydrogens is 194 g/mol. The van der Waals surface area contributed by atoms with Gasteiger partial charge in [-0.1, -0.05) is 0 Å². The first-order valence-electron chi connectivity index (χ1n) is 4.13. The van der Waals surface area contributed by atoms with E-state index in [9.17, 15) is 0 Å². The van der Waals surface area contributed by atoms with Gasteiger partial charge in [-0.3, -0.25) is 4.98 Å². The second-order valence-corrected chi connectivity index (χ2v) is 3.35. The van der Waals surface area contributed by atoms with Crippen LogP contribution in [0.1, 0.15) is 0 Å². The van der Waals surface area contributed by atoms with Crippen molar-refractivity contribution in [3.63, 3.8) is 0 Å². The summed E-state index contributed by atoms with van der Waals surface area (Å²) in [4.78, 5) is 9.04. The van der Waals surface area contributed by atoms with Crippen LogP contribution in [0, 0.1) is 0 Å². The molecule has 0 spiro atoms. The van der Waals surface area contributed by atoms with Gasteiger partial charge in [-0.2, -0.15) is 0 Å². The Morgan fingerprint density at radius 2 is 2.00 bits per heavy atom. The maximum atomic E-state index is 5.72. The minimum atomic E-state index is 0.493. The lowest BCUT2D eigenvalue weighted by atomic mass is 10.2. The van der Waals surface area contributed by atoms with E-state index in [1.54, 1.807) is 12.4 Å². The van der Waals surface area contributed by atoms with E-state index in [-0.39, 0.29) is 0 Å². The maximum absolute atomic E-state index is 5.72. The Morgan fingerprint density at radius 1 is 1.14 bits per heavy atom. The topological polar surface area (TPSA) is 51.8 Å². The fourth-order valence-electron chi connectivity index (χ4n) is 1.18. The molecule has 2 rings (SSSR count). The van der Waals surface area contributed by atoms with Crippen molar-refractivity contribution in [1.82, 2.24) is 9.97 Å². The van der Waals surface area contributed by atoms with Crippen LogP contribution in [0.25, 0.3) is 11.3 Å². The Morgan fingerprint density at radius 3 is 2.64 bits per heavy atom. The summed E-state index contributed by atoms with van der Waals surface area (Å²) < 4.78 is 0. The fraction of sp³-hybridized carbons (Fsp3) is 0. The Labute approximate surface area is 87.4 Å². The van der Waals surface area contributed by atoms with Crippen molar-refractivity contribution in [2.24, 2.45) is 0 Å². The zero-order chi connectivity index (χ0) is 9.97. The highest BCUT2D eigenvalue weighted by atomic mass is 32.1. The van der Waals surface area contributed by atoms with Crippen molar-refractivity contribution in [3.05, 3.63) is 36.7 Å². The monoisotopic (exact) mass is 203 g/mol. The molecule has 0 unspecified atom stereocenters. The van der Waals surface area contributed by atoms with Gasteiger partial charge < -0.3 is 5.73 Å². The number of thiol groups is 1. The van der Waals surface area contributed by atoms with Crippen molar-refractivity contribution in [2.45, 2.75) is 4.90 Å². The molecule has 0 aliphatic rings. The summed E-state index contributed by atoms with van der Waals surface area (Å²) >= 11 is 4.16. The standard InChI is InChI=1S/C10H9N3S/c11-10-8(2-1-5-12-10)9-4-3-7(14)6-13-9/h1-6,14H,(H2,11,12). The first kappa shape index (κ1) is 9.02. The van der Waals surface area contributed by atoms with E-state index < -0.39 is 0 Å². The number of rotatable bonds is 1. The average molecular weight is 203 g/mol. The highest BCUT2D eigenvalue weighted by molar-refractivity contribution is 7.80. The summed E-state index contributed by atoms with van der Waals surface area (Å²) in [7, 11) is 0. The lowest BCUT2D eigenvalue weighted by molar-refractivity contribution is 1.23. The molecule has 2 aromatic heterocycles. The lowest BCUT2D eigenvalue weighted by Gasteiger charge is -2.02. The van der Waals surface area contributed by atoms with Crippen LogP contribution in [0.4, 0.5) is 5.82 Å². The molecule has 0 bridgehead atoms. The lowest BCUT2D eigenvalue weighted by Crippen LogP contribution is -1.94. The summed E-state index contributed by atoms with van der Waals surface area (Å²) in [6.45, 7) is 0. The summed E-state index contributed by atoms with van der Waals surface area (Å²) in [5, 5.41) is 0. The minimum absolute atomic E-state index is 0.493. The third-order valence-corrected chi connectivity index (χ3v) is 2.13. The highest BCUT2D eigenvalue weighted by Gasteiger charge is 2.02. The van der Waals surface area contributed by atoms with E-state index in [1.807, 2.05) is 24.3 Å². The van der Waals surface area contributed by atoms with Gasteiger partial charge in [-0.15, -0.1) is 12.6 Å². The second-order valence-electron chi connectivity index (χ2n) is 2.84. The van der Waals surface area contributed by atoms with Gasteiger partial charge in [-0.25, -0.2) is 4.98 Å². The normalized spacial score (nSPS) is 10.1. The molecule has 0 aromatic carbocycles. The molecule has 3 nitrogen and oxygen atoms in total. The number of hydrogen-bond acceptors (Lipinski definition) is 4. The largest absolute Gasteiger partial charge is 0.383 e. The zero-order valence-electron chi connectivity index (χ0n) is 7.38. The molecule has 0 aliphatic heterocycles. The van der Waals surface area contributed by atoms with Crippen molar-refractivity contribution in [1.29, 1.82) is 0 Å². The Bertz CT molecular complexity index is 439. The Hall–Kier alpha value is -1.55. The van der Waals surface area contributed by atoms with Gasteiger partial charge in [0.05, 0.1) is 5.69 Å². The van der Waals surface area contributed by atoms with Gasteiger partial charge in [0.15, 0.2) is 0 Å². The molecule has 0 fully saturated rings. The number of nitrogens with zero attached hydrogens (tertiary/aromatic N) is 2. The third-order valence-electron chi connectivity index (χ3n) is 1.86. The molecule has 0 atom stereocenters. The number of anilines is 1. The summed E-state index contributed by atoms with van der Waals surface area (Å²) in [6.07, 6.45) is 3.34. The summed E-state index contributed by atoms with van der Waals surface area (Å²) in [5.41, 5.74) is 7.38. The van der Waals surface area contributed by atoms with Gasteiger partial charge >= 0.3 is 0 Å². The molecule has 2 aromatic rings. The molecule has 0 saturated carbocycles. The molecule has 0 aliphatic carbocycles. The number of nitrogen functional groups attached to an aromatic ring is 1. The van der Waals surface area contributed by atoms with Crippen LogP contribution in [-0.2, 0) is 0 Å². The first-order chi connectivity index (χ1) is 6.77. The molecule has 0 amide bonds. The van der Waals surface area contributed by atoms with Crippen molar-refractivity contribution >= 4 is 18.4 Å². The quantitative estimate of drug-likeness (QED) is 0.697. The molecular formula is C10H9N3S. The molecule has 4 heteroatoms. The summed E-state index contributed by atoms with van der Waals surface area (Å²) in [6, 6.07) is 7.47. The second kappa shape index (κ2) is 3.67. The van der Waals surface area contributed by atoms with Crippen molar-refractivity contribution in [3.8, 4) is 11.3 Å². The maximum Gasteiger partial charge on any atom is 0.132 e. The number of nitrogens with two attached hydrogens (primary N) is 1. The SMILES string of the molecule is Nc1ncccc1-c1ccc(S)cn1. The van der Waals surface area contributed by atoms with Gasteiger partial charge in [-0.05, 0) is 24.3 Å². The number of pyridine rings is 2. The molecule has 0 saturated heterocycles. The minimum Gasteiger partial charge on any atom is -0.383 e. The van der Waals surface area contributed by atoms with Crippen LogP contribution in [0.2, 0.25) is 0 Å². The predicted octanol–water partition coefficient (Wildman–Crippen LogP) is 2.01. The smallest absolute Gasteiger partial charge is 0.132 e. The van der Waals surface area contributed by atoms with E-state index in [1.165, 1.54) is 0 Å². The van der Waals surface area contributed by atoms with Gasteiger partial charge in [0.1, 0.15) is 5.82 Å². The van der Waals surface area contributed by atoms with Crippen LogP contribution in [0.5, 0.6) is 0 Å². The van der Waals surface area contributed by atoms with Crippen molar-refractivity contribution in [2.75, 3.05) is 5.73 Å². The van der Waals surface area contributed by atoms with Crippen LogP contribution in [0.3, 0.4) is 0 Å². The van der Waals surface area contributed by atoms with E-state index in [2.05, 4.69) is 22.6 Å². The summed E-state index contributed by atoms with van der Waals surface area (Å²) in [5.74, 6) is 0.493. The number of hydrogen-bond donors (Lipinski definition) is 2. The van der Waals surface area contributed by atoms with Gasteiger partial charge in [0.25, 0.3) is 0 Å². The molecule has 70 valence electrons. The molecule has 2 heterocycles. The van der Waals surface area contributed by atoms with E-state index in [0.29, 0.717) is 5.82 Å². The first-order valence-corrected chi connectivity index (χ1v) is 4.58. The Balaban J connectivity index is 2.50. The van der Waals surface area contributed by atoms with E-state index >= 15 is 0 Å². The van der Waals surface area contributed by atoms with Crippen LogP contribution >= 0.6 is 12.6 Å². The van der Waals surface area contributed by atoms with Gasteiger partial charge in [0, 0.05) is 22.9 Å². The third kappa shape index (κ3) is 1.70. The number of aromatic nitrogens is 2. The van der Waals surface area contributed by atoms with Gasteiger partial charge in [0.2, 0.25) is 0 Å². The van der Waals surface area contributed by atoms with E-state index in [0.717, 1.165) is 16.2 Å². The average Bonchev–Trinajstić information content (AvgIpc) is 2.20. The predicted molar refractivity (Wildman–Crippen MR) is 59.1 cm³/mol. The molecule has 14 heavy (non-hydrogen) atoms.